The monoisotopic (exact) mass is 570 g/mol. The van der Waals surface area contributed by atoms with Gasteiger partial charge < -0.3 is 19.8 Å². The van der Waals surface area contributed by atoms with Crippen LogP contribution in [-0.4, -0.2) is 53.8 Å². The number of aromatic nitrogens is 1. The number of halogens is 6. The van der Waals surface area contributed by atoms with Crippen molar-refractivity contribution in [2.24, 2.45) is 10.2 Å². The van der Waals surface area contributed by atoms with E-state index in [2.05, 4.69) is 15.2 Å². The molecule has 0 unspecified atom stereocenters. The van der Waals surface area contributed by atoms with E-state index < -0.39 is 47.4 Å². The molecule has 3 heterocycles. The lowest BCUT2D eigenvalue weighted by Gasteiger charge is -2.31. The molecule has 14 heteroatoms. The largest absolute Gasteiger partial charge is 0.492 e. The first kappa shape index (κ1) is 27.1. The van der Waals surface area contributed by atoms with Crippen LogP contribution in [0.4, 0.5) is 31.5 Å². The van der Waals surface area contributed by atoms with Crippen molar-refractivity contribution in [1.82, 2.24) is 4.98 Å². The van der Waals surface area contributed by atoms with Gasteiger partial charge in [-0.2, -0.15) is 41.5 Å². The molecule has 0 aliphatic carbocycles. The molecule has 2 N–H and O–H groups in total. The molecule has 3 aromatic rings. The predicted octanol–water partition coefficient (Wildman–Crippen LogP) is 3.49. The Bertz CT molecular complexity index is 1550. The van der Waals surface area contributed by atoms with Crippen molar-refractivity contribution in [3.63, 3.8) is 0 Å². The summed E-state index contributed by atoms with van der Waals surface area (Å²) in [6.07, 6.45) is -9.46. The Kier molecular flexibility index (Phi) is 7.11. The Balaban J connectivity index is 1.65. The second kappa shape index (κ2) is 10.2. The van der Waals surface area contributed by atoms with Gasteiger partial charge in [0.05, 0.1) is 46.9 Å². The number of alkyl halides is 6. The smallest absolute Gasteiger partial charge is 0.416 e. The van der Waals surface area contributed by atoms with E-state index in [1.54, 1.807) is 23.1 Å². The Hall–Kier alpha value is -3.49. The first-order valence-electron chi connectivity index (χ1n) is 11.6. The molecule has 0 saturated carbocycles. The molecule has 2 aliphatic rings. The van der Waals surface area contributed by atoms with Crippen molar-refractivity contribution in [3.8, 4) is 5.88 Å². The summed E-state index contributed by atoms with van der Waals surface area (Å²) in [5.74, 6) is -0.434. The number of rotatable bonds is 5. The van der Waals surface area contributed by atoms with Gasteiger partial charge in [-0.3, -0.25) is 0 Å². The van der Waals surface area contributed by atoms with Gasteiger partial charge in [-0.1, -0.05) is 23.5 Å². The lowest BCUT2D eigenvalue weighted by Crippen LogP contribution is -2.44. The molecule has 0 amide bonds. The number of thiazole rings is 1. The molecule has 39 heavy (non-hydrogen) atoms. The fourth-order valence-corrected chi connectivity index (χ4v) is 5.46. The van der Waals surface area contributed by atoms with Gasteiger partial charge in [0.15, 0.2) is 5.13 Å². The fraction of sp³-hybridized carbons (Fsp3) is 0.320. The summed E-state index contributed by atoms with van der Waals surface area (Å²) < 4.78 is 87.0. The number of aliphatic hydroxyl groups excluding tert-OH is 1. The minimum absolute atomic E-state index is 0.0991. The van der Waals surface area contributed by atoms with E-state index in [-0.39, 0.29) is 29.7 Å². The molecule has 1 atom stereocenters. The minimum atomic E-state index is -5.06. The zero-order valence-electron chi connectivity index (χ0n) is 19.9. The SMILES string of the molecule is OC[C@H]1CN(c2nc(O)c(C(Cc3ccc(C(F)(F)F)cc3C(F)(F)F)=c3ccc4c(c3)C=NN=4)s2)CCO1. The standard InChI is InChI=1S/C25H20F6N4O3S/c26-24(27,28)16-3-1-14(19(9-16)25(29,30)31)8-18(13-2-4-20-15(7-13)10-32-34-20)21-22(37)33-23(39-21)35-5-6-38-17(11-35)12-36/h1-4,7,9-10,17,36-37H,5-6,8,11-12H2/t17-/m1/s1. The highest BCUT2D eigenvalue weighted by molar-refractivity contribution is 7.17. The molecule has 0 bridgehead atoms. The van der Waals surface area contributed by atoms with Crippen molar-refractivity contribution in [1.29, 1.82) is 0 Å². The normalized spacial score (nSPS) is 18.2. The lowest BCUT2D eigenvalue weighted by molar-refractivity contribution is -0.143. The second-order valence-electron chi connectivity index (χ2n) is 8.91. The molecule has 0 radical (unpaired) electrons. The van der Waals surface area contributed by atoms with Gasteiger partial charge >= 0.3 is 12.4 Å². The van der Waals surface area contributed by atoms with Crippen molar-refractivity contribution < 1.29 is 41.3 Å². The molecule has 206 valence electrons. The van der Waals surface area contributed by atoms with Gasteiger partial charge in [-0.15, -0.1) is 0 Å². The Morgan fingerprint density at radius 2 is 1.87 bits per heavy atom. The molecule has 7 nitrogen and oxygen atoms in total. The summed E-state index contributed by atoms with van der Waals surface area (Å²) >= 11 is 1.03. The highest BCUT2D eigenvalue weighted by Crippen LogP contribution is 2.41. The van der Waals surface area contributed by atoms with E-state index in [0.717, 1.165) is 17.4 Å². The molecule has 2 aliphatic heterocycles. The van der Waals surface area contributed by atoms with Crippen LogP contribution in [0.2, 0.25) is 0 Å². The third kappa shape index (κ3) is 5.63. The highest BCUT2D eigenvalue weighted by atomic mass is 32.1. The molecule has 1 fully saturated rings. The number of aliphatic hydroxyl groups is 1. The van der Waals surface area contributed by atoms with Crippen LogP contribution in [0.3, 0.4) is 0 Å². The topological polar surface area (TPSA) is 90.5 Å². The van der Waals surface area contributed by atoms with Crippen LogP contribution in [0.15, 0.2) is 46.6 Å². The van der Waals surface area contributed by atoms with Crippen LogP contribution >= 0.6 is 11.3 Å². The van der Waals surface area contributed by atoms with E-state index in [9.17, 15) is 36.6 Å². The summed E-state index contributed by atoms with van der Waals surface area (Å²) in [5.41, 5.74) is -2.40. The average molecular weight is 571 g/mol. The number of benzene rings is 2. The van der Waals surface area contributed by atoms with Crippen LogP contribution in [0.1, 0.15) is 27.1 Å². The third-order valence-corrected chi connectivity index (χ3v) is 7.50. The number of aromatic hydroxyl groups is 1. The first-order chi connectivity index (χ1) is 18.4. The van der Waals surface area contributed by atoms with Crippen LogP contribution in [0, 0.1) is 0 Å². The van der Waals surface area contributed by atoms with Crippen molar-refractivity contribution in [2.45, 2.75) is 24.9 Å². The summed E-state index contributed by atoms with van der Waals surface area (Å²) in [5, 5.41) is 29.4. The van der Waals surface area contributed by atoms with Gasteiger partial charge in [0.1, 0.15) is 0 Å². The maximum atomic E-state index is 13.9. The van der Waals surface area contributed by atoms with Gasteiger partial charge in [0, 0.05) is 25.1 Å². The number of hydrogen-bond acceptors (Lipinski definition) is 8. The Morgan fingerprint density at radius 1 is 1.08 bits per heavy atom. The van der Waals surface area contributed by atoms with E-state index in [1.165, 1.54) is 6.21 Å². The quantitative estimate of drug-likeness (QED) is 0.459. The van der Waals surface area contributed by atoms with Crippen LogP contribution in [-0.2, 0) is 23.5 Å². The molecule has 2 aromatic carbocycles. The number of nitrogens with zero attached hydrogens (tertiary/aromatic N) is 4. The molecule has 1 aromatic heterocycles. The average Bonchev–Trinajstić information content (AvgIpc) is 3.52. The predicted molar refractivity (Wildman–Crippen MR) is 130 cm³/mol. The second-order valence-corrected chi connectivity index (χ2v) is 9.89. The Morgan fingerprint density at radius 3 is 2.59 bits per heavy atom. The van der Waals surface area contributed by atoms with Gasteiger partial charge in [0.2, 0.25) is 5.88 Å². The molecule has 1 saturated heterocycles. The van der Waals surface area contributed by atoms with Crippen molar-refractivity contribution >= 4 is 28.3 Å². The Labute approximate surface area is 221 Å². The van der Waals surface area contributed by atoms with Gasteiger partial charge in [-0.25, -0.2) is 0 Å². The molecular formula is C25H20F6N4O3S. The number of ether oxygens (including phenoxy) is 1. The number of anilines is 1. The summed E-state index contributed by atoms with van der Waals surface area (Å²) in [6.45, 7) is 0.762. The summed E-state index contributed by atoms with van der Waals surface area (Å²) in [7, 11) is 0. The first-order valence-corrected chi connectivity index (χ1v) is 12.4. The van der Waals surface area contributed by atoms with Crippen molar-refractivity contribution in [3.05, 3.63) is 74.1 Å². The summed E-state index contributed by atoms with van der Waals surface area (Å²) in [4.78, 5) is 6.15. The number of hydrogen-bond donors (Lipinski definition) is 2. The lowest BCUT2D eigenvalue weighted by atomic mass is 9.94. The van der Waals surface area contributed by atoms with Crippen molar-refractivity contribution in [2.75, 3.05) is 31.2 Å². The van der Waals surface area contributed by atoms with E-state index >= 15 is 0 Å². The minimum Gasteiger partial charge on any atom is -0.492 e. The maximum absolute atomic E-state index is 13.9. The molecular weight excluding hydrogens is 550 g/mol. The van der Waals surface area contributed by atoms with Crippen LogP contribution in [0.25, 0.3) is 5.57 Å². The third-order valence-electron chi connectivity index (χ3n) is 6.33. The maximum Gasteiger partial charge on any atom is 0.416 e. The van der Waals surface area contributed by atoms with Gasteiger partial charge in [0.25, 0.3) is 0 Å². The van der Waals surface area contributed by atoms with E-state index in [0.29, 0.717) is 40.5 Å². The van der Waals surface area contributed by atoms with E-state index in [1.807, 2.05) is 0 Å². The fourth-order valence-electron chi connectivity index (χ4n) is 4.40. The number of fused-ring (bicyclic) bond motifs is 1. The molecule has 5 rings (SSSR count). The number of morpholine rings is 1. The summed E-state index contributed by atoms with van der Waals surface area (Å²) in [6, 6.07) is 6.36. The van der Waals surface area contributed by atoms with Crippen LogP contribution < -0.4 is 15.5 Å². The van der Waals surface area contributed by atoms with Crippen LogP contribution in [0.5, 0.6) is 5.88 Å². The van der Waals surface area contributed by atoms with E-state index in [4.69, 9.17) is 4.74 Å². The zero-order chi connectivity index (χ0) is 27.9. The van der Waals surface area contributed by atoms with Gasteiger partial charge in [-0.05, 0) is 40.6 Å². The molecule has 0 spiro atoms. The zero-order valence-corrected chi connectivity index (χ0v) is 20.7. The highest BCUT2D eigenvalue weighted by Gasteiger charge is 2.38.